The van der Waals surface area contributed by atoms with Gasteiger partial charge in [0, 0.05) is 17.1 Å². The molecule has 1 fully saturated rings. The smallest absolute Gasteiger partial charge is 0.339 e. The predicted molar refractivity (Wildman–Crippen MR) is 128 cm³/mol. The zero-order valence-electron chi connectivity index (χ0n) is 18.0. The highest BCUT2D eigenvalue weighted by Gasteiger charge is 2.36. The van der Waals surface area contributed by atoms with Crippen LogP contribution in [-0.4, -0.2) is 33.9 Å². The first kappa shape index (κ1) is 22.7. The van der Waals surface area contributed by atoms with Crippen molar-refractivity contribution in [2.45, 2.75) is 13.8 Å². The van der Waals surface area contributed by atoms with Crippen LogP contribution >= 0.6 is 23.4 Å². The number of aromatic hydroxyl groups is 1. The van der Waals surface area contributed by atoms with E-state index in [2.05, 4.69) is 0 Å². The maximum absolute atomic E-state index is 12.9. The molecule has 0 unspecified atom stereocenters. The Balaban J connectivity index is 1.71. The summed E-state index contributed by atoms with van der Waals surface area (Å²) in [6, 6.07) is 12.8. The number of phenolic OH excluding ortho intramolecular Hbond substituents is 1. The van der Waals surface area contributed by atoms with Crippen LogP contribution in [-0.2, 0) is 9.53 Å². The highest BCUT2D eigenvalue weighted by molar-refractivity contribution is 8.19. The predicted octanol–water partition coefficient (Wildman–Crippen LogP) is 5.48. The summed E-state index contributed by atoms with van der Waals surface area (Å²) in [6.45, 7) is 3.79. The molecule has 4 rings (SSSR count). The molecule has 1 aliphatic rings. The summed E-state index contributed by atoms with van der Waals surface area (Å²) in [7, 11) is 1.29. The lowest BCUT2D eigenvalue weighted by Gasteiger charge is -2.12. The fourth-order valence-corrected chi connectivity index (χ4v) is 4.71. The summed E-state index contributed by atoms with van der Waals surface area (Å²) in [5.74, 6) is -0.918. The van der Waals surface area contributed by atoms with Crippen LogP contribution in [0.5, 0.6) is 5.75 Å². The van der Waals surface area contributed by atoms with Crippen molar-refractivity contribution in [2.24, 2.45) is 0 Å². The molecular weight excluding hydrogens is 464 g/mol. The molecule has 0 bridgehead atoms. The molecule has 9 heteroatoms. The molecule has 1 N–H and O–H groups in total. The van der Waals surface area contributed by atoms with Gasteiger partial charge < -0.3 is 14.4 Å². The van der Waals surface area contributed by atoms with Gasteiger partial charge >= 0.3 is 5.97 Å². The zero-order valence-corrected chi connectivity index (χ0v) is 19.5. The number of aromatic nitrogens is 1. The first-order valence-corrected chi connectivity index (χ1v) is 11.0. The number of ether oxygens (including phenoxy) is 1. The monoisotopic (exact) mass is 482 g/mol. The number of benzene rings is 2. The van der Waals surface area contributed by atoms with Gasteiger partial charge in [0.2, 0.25) is 0 Å². The molecule has 7 nitrogen and oxygen atoms in total. The number of hydrogen-bond acceptors (Lipinski definition) is 6. The fraction of sp³-hybridized carbons (Fsp3) is 0.125. The number of anilines is 1. The molecule has 2 aromatic carbocycles. The highest BCUT2D eigenvalue weighted by atomic mass is 35.5. The normalized spacial score (nSPS) is 14.9. The second-order valence-corrected chi connectivity index (χ2v) is 8.75. The molecule has 2 amide bonds. The van der Waals surface area contributed by atoms with Crippen LogP contribution in [0.4, 0.5) is 10.5 Å². The highest BCUT2D eigenvalue weighted by Crippen LogP contribution is 2.37. The molecular formula is C24H19ClN2O5S. The summed E-state index contributed by atoms with van der Waals surface area (Å²) < 4.78 is 6.73. The van der Waals surface area contributed by atoms with Gasteiger partial charge in [0.1, 0.15) is 5.75 Å². The Bertz CT molecular complexity index is 1330. The van der Waals surface area contributed by atoms with Gasteiger partial charge in [-0.05, 0) is 85.8 Å². The molecule has 33 heavy (non-hydrogen) atoms. The van der Waals surface area contributed by atoms with Crippen LogP contribution in [0.15, 0.2) is 53.4 Å². The summed E-state index contributed by atoms with van der Waals surface area (Å²) in [5, 5.41) is 9.34. The minimum Gasteiger partial charge on any atom is -0.508 e. The van der Waals surface area contributed by atoms with Gasteiger partial charge in [-0.15, -0.1) is 0 Å². The van der Waals surface area contributed by atoms with Crippen molar-refractivity contribution in [3.63, 3.8) is 0 Å². The molecule has 1 aromatic heterocycles. The third kappa shape index (κ3) is 4.15. The molecule has 0 atom stereocenters. The molecule has 0 spiro atoms. The molecule has 0 radical (unpaired) electrons. The van der Waals surface area contributed by atoms with Gasteiger partial charge in [-0.25, -0.2) is 9.69 Å². The second kappa shape index (κ2) is 8.80. The van der Waals surface area contributed by atoms with Gasteiger partial charge in [0.05, 0.1) is 28.3 Å². The van der Waals surface area contributed by atoms with E-state index in [1.54, 1.807) is 24.3 Å². The van der Waals surface area contributed by atoms with Crippen molar-refractivity contribution in [3.8, 4) is 11.4 Å². The number of aryl methyl sites for hydroxylation is 1. The van der Waals surface area contributed by atoms with Crippen LogP contribution in [0.3, 0.4) is 0 Å². The van der Waals surface area contributed by atoms with E-state index in [1.807, 2.05) is 24.5 Å². The number of carbonyl (C=O) groups is 3. The van der Waals surface area contributed by atoms with Crippen LogP contribution in [0.1, 0.15) is 27.3 Å². The second-order valence-electron chi connectivity index (χ2n) is 7.35. The minimum atomic E-state index is -0.535. The lowest BCUT2D eigenvalue weighted by Crippen LogP contribution is -2.27. The number of thioether (sulfide) groups is 1. The number of esters is 1. The van der Waals surface area contributed by atoms with E-state index in [9.17, 15) is 19.5 Å². The van der Waals surface area contributed by atoms with E-state index >= 15 is 0 Å². The molecule has 3 aromatic rings. The van der Waals surface area contributed by atoms with E-state index in [1.165, 1.54) is 31.4 Å². The Kier molecular flexibility index (Phi) is 6.05. The topological polar surface area (TPSA) is 88.8 Å². The number of amides is 2. The molecule has 1 saturated heterocycles. The Morgan fingerprint density at radius 1 is 1.06 bits per heavy atom. The molecule has 0 aliphatic carbocycles. The molecule has 0 saturated carbocycles. The Labute approximate surface area is 199 Å². The number of nitrogens with zero attached hydrogens (tertiary/aromatic N) is 2. The van der Waals surface area contributed by atoms with Gasteiger partial charge in [0.15, 0.2) is 0 Å². The average molecular weight is 483 g/mol. The standard InChI is InChI=1S/C24H19ClN2O5S/c1-13-10-15(14(2)26(13)17-6-9-20(25)19(12-17)23(30)32-3)11-21-22(29)27(24(31)33-21)16-4-7-18(28)8-5-16/h4-12,28H,1-3H3/b21-11-. The van der Waals surface area contributed by atoms with Crippen LogP contribution in [0.2, 0.25) is 5.02 Å². The van der Waals surface area contributed by atoms with Crippen molar-refractivity contribution < 1.29 is 24.2 Å². The summed E-state index contributed by atoms with van der Waals surface area (Å²) in [6.07, 6.45) is 1.68. The Hall–Kier alpha value is -3.49. The Morgan fingerprint density at radius 3 is 2.39 bits per heavy atom. The number of imide groups is 1. The van der Waals surface area contributed by atoms with Crippen molar-refractivity contribution in [3.05, 3.63) is 81.0 Å². The van der Waals surface area contributed by atoms with Crippen molar-refractivity contribution >= 4 is 52.2 Å². The van der Waals surface area contributed by atoms with Crippen molar-refractivity contribution in [1.82, 2.24) is 4.57 Å². The van der Waals surface area contributed by atoms with E-state index in [0.29, 0.717) is 16.3 Å². The van der Waals surface area contributed by atoms with E-state index in [4.69, 9.17) is 16.3 Å². The summed E-state index contributed by atoms with van der Waals surface area (Å²) in [4.78, 5) is 38.9. The van der Waals surface area contributed by atoms with Crippen molar-refractivity contribution in [1.29, 1.82) is 0 Å². The third-order valence-corrected chi connectivity index (χ3v) is 6.47. The zero-order chi connectivity index (χ0) is 23.9. The van der Waals surface area contributed by atoms with E-state index in [0.717, 1.165) is 33.6 Å². The summed E-state index contributed by atoms with van der Waals surface area (Å²) >= 11 is 7.00. The molecule has 168 valence electrons. The van der Waals surface area contributed by atoms with E-state index in [-0.39, 0.29) is 16.3 Å². The lowest BCUT2D eigenvalue weighted by molar-refractivity contribution is -0.113. The van der Waals surface area contributed by atoms with Gasteiger partial charge in [0.25, 0.3) is 11.1 Å². The fourth-order valence-electron chi connectivity index (χ4n) is 3.68. The first-order chi connectivity index (χ1) is 15.7. The first-order valence-electron chi connectivity index (χ1n) is 9.85. The number of hydrogen-bond donors (Lipinski definition) is 1. The number of carbonyl (C=O) groups excluding carboxylic acids is 3. The van der Waals surface area contributed by atoms with Gasteiger partial charge in [-0.3, -0.25) is 9.59 Å². The third-order valence-electron chi connectivity index (χ3n) is 5.27. The summed E-state index contributed by atoms with van der Waals surface area (Å²) in [5.41, 5.74) is 3.81. The lowest BCUT2D eigenvalue weighted by atomic mass is 10.2. The molecule has 2 heterocycles. The maximum atomic E-state index is 12.9. The number of halogens is 1. The number of rotatable bonds is 4. The SMILES string of the molecule is COC(=O)c1cc(-n2c(C)cc(/C=C3\SC(=O)N(c4ccc(O)cc4)C3=O)c2C)ccc1Cl. The van der Waals surface area contributed by atoms with Crippen molar-refractivity contribution in [2.75, 3.05) is 12.0 Å². The Morgan fingerprint density at radius 2 is 1.73 bits per heavy atom. The van der Waals surface area contributed by atoms with Gasteiger partial charge in [-0.1, -0.05) is 11.6 Å². The van der Waals surface area contributed by atoms with Crippen LogP contribution < -0.4 is 4.90 Å². The van der Waals surface area contributed by atoms with E-state index < -0.39 is 17.1 Å². The maximum Gasteiger partial charge on any atom is 0.339 e. The largest absolute Gasteiger partial charge is 0.508 e. The van der Waals surface area contributed by atoms with Crippen LogP contribution in [0.25, 0.3) is 11.8 Å². The average Bonchev–Trinajstić information content (AvgIpc) is 3.23. The van der Waals surface area contributed by atoms with Gasteiger partial charge in [-0.2, -0.15) is 0 Å². The number of methoxy groups -OCH3 is 1. The van der Waals surface area contributed by atoms with Crippen LogP contribution in [0, 0.1) is 13.8 Å². The number of phenols is 1. The minimum absolute atomic E-state index is 0.0475. The quantitative estimate of drug-likeness (QED) is 0.391. The molecule has 1 aliphatic heterocycles.